The number of rotatable bonds is 5. The molecule has 4 saturated heterocycles. The zero-order chi connectivity index (χ0) is 19.2. The highest BCUT2D eigenvalue weighted by Gasteiger charge is 2.32. The van der Waals surface area contributed by atoms with E-state index >= 15 is 0 Å². The Labute approximate surface area is 192 Å². The zero-order valence-corrected chi connectivity index (χ0v) is 20.2. The van der Waals surface area contributed by atoms with E-state index in [4.69, 9.17) is 14.2 Å². The molecule has 4 heterocycles. The van der Waals surface area contributed by atoms with Crippen molar-refractivity contribution in [2.75, 3.05) is 59.6 Å². The SMILES string of the molecule is CN=C(NCC1CN2CCCC2CO1)N1CCC(OCC2CCCCO2)CC1.I. The molecule has 4 fully saturated rings. The zero-order valence-electron chi connectivity index (χ0n) is 17.9. The van der Waals surface area contributed by atoms with Crippen LogP contribution in [-0.4, -0.2) is 99.7 Å². The van der Waals surface area contributed by atoms with Gasteiger partial charge in [-0.15, -0.1) is 24.0 Å². The van der Waals surface area contributed by atoms with Gasteiger partial charge in [0, 0.05) is 45.9 Å². The number of likely N-dealkylation sites (tertiary alicyclic amines) is 1. The molecule has 0 spiro atoms. The quantitative estimate of drug-likeness (QED) is 0.339. The van der Waals surface area contributed by atoms with E-state index in [-0.39, 0.29) is 30.1 Å². The molecule has 0 aromatic carbocycles. The molecule has 4 aliphatic rings. The number of hydrogen-bond donors (Lipinski definition) is 1. The maximum Gasteiger partial charge on any atom is 0.193 e. The summed E-state index contributed by atoms with van der Waals surface area (Å²) in [6.45, 7) is 7.66. The molecule has 29 heavy (non-hydrogen) atoms. The van der Waals surface area contributed by atoms with Crippen molar-refractivity contribution >= 4 is 29.9 Å². The number of nitrogens with one attached hydrogen (secondary N) is 1. The highest BCUT2D eigenvalue weighted by atomic mass is 127. The lowest BCUT2D eigenvalue weighted by Gasteiger charge is -2.37. The van der Waals surface area contributed by atoms with Gasteiger partial charge in [-0.05, 0) is 51.5 Å². The largest absolute Gasteiger partial charge is 0.376 e. The van der Waals surface area contributed by atoms with E-state index in [9.17, 15) is 0 Å². The average molecular weight is 522 g/mol. The van der Waals surface area contributed by atoms with Gasteiger partial charge >= 0.3 is 0 Å². The molecule has 0 radical (unpaired) electrons. The van der Waals surface area contributed by atoms with Crippen molar-refractivity contribution in [1.82, 2.24) is 15.1 Å². The summed E-state index contributed by atoms with van der Waals surface area (Å²) in [6.07, 6.45) is 9.29. The van der Waals surface area contributed by atoms with Gasteiger partial charge in [-0.1, -0.05) is 0 Å². The number of hydrogen-bond acceptors (Lipinski definition) is 5. The first-order chi connectivity index (χ1) is 13.8. The van der Waals surface area contributed by atoms with Gasteiger partial charge in [0.1, 0.15) is 0 Å². The first-order valence-electron chi connectivity index (χ1n) is 11.4. The third kappa shape index (κ3) is 6.66. The standard InChI is InChI=1S/C21H38N4O3.HI/c1-22-21(23-13-20-14-25-9-4-5-17(25)15-27-20)24-10-7-18(8-11-24)28-16-19-6-2-3-12-26-19;/h17-20H,2-16H2,1H3,(H,22,23);1H. The molecule has 1 N–H and O–H groups in total. The number of nitrogens with zero attached hydrogens (tertiary/aromatic N) is 3. The molecule has 0 aliphatic carbocycles. The Kier molecular flexibility index (Phi) is 9.74. The fraction of sp³-hybridized carbons (Fsp3) is 0.952. The van der Waals surface area contributed by atoms with Crippen LogP contribution in [0.2, 0.25) is 0 Å². The summed E-state index contributed by atoms with van der Waals surface area (Å²) in [6, 6.07) is 0.661. The fourth-order valence-corrected chi connectivity index (χ4v) is 4.96. The summed E-state index contributed by atoms with van der Waals surface area (Å²) in [5.74, 6) is 1.00. The normalized spacial score (nSPS) is 32.0. The molecule has 7 nitrogen and oxygen atoms in total. The Morgan fingerprint density at radius 1 is 1.03 bits per heavy atom. The molecule has 3 unspecified atom stereocenters. The summed E-state index contributed by atoms with van der Waals surface area (Å²) in [5.41, 5.74) is 0. The number of ether oxygens (including phenoxy) is 3. The van der Waals surface area contributed by atoms with Crippen LogP contribution in [0.25, 0.3) is 0 Å². The van der Waals surface area contributed by atoms with Crippen LogP contribution < -0.4 is 5.32 Å². The van der Waals surface area contributed by atoms with Gasteiger partial charge in [-0.2, -0.15) is 0 Å². The van der Waals surface area contributed by atoms with Gasteiger partial charge < -0.3 is 24.4 Å². The lowest BCUT2D eigenvalue weighted by Crippen LogP contribution is -2.53. The van der Waals surface area contributed by atoms with Crippen LogP contribution in [0.15, 0.2) is 4.99 Å². The van der Waals surface area contributed by atoms with Crippen molar-refractivity contribution in [2.45, 2.75) is 69.3 Å². The molecule has 3 atom stereocenters. The molecule has 168 valence electrons. The van der Waals surface area contributed by atoms with Gasteiger partial charge in [0.25, 0.3) is 0 Å². The van der Waals surface area contributed by atoms with Gasteiger partial charge in [-0.25, -0.2) is 0 Å². The Balaban J connectivity index is 0.00000240. The monoisotopic (exact) mass is 522 g/mol. The molecule has 8 heteroatoms. The van der Waals surface area contributed by atoms with Gasteiger partial charge in [0.15, 0.2) is 5.96 Å². The van der Waals surface area contributed by atoms with Crippen molar-refractivity contribution in [3.8, 4) is 0 Å². The molecular formula is C21H39IN4O3. The second kappa shape index (κ2) is 12.0. The fourth-order valence-electron chi connectivity index (χ4n) is 4.96. The number of aliphatic imine (C=N–C) groups is 1. The van der Waals surface area contributed by atoms with Crippen molar-refractivity contribution in [3.05, 3.63) is 0 Å². The summed E-state index contributed by atoms with van der Waals surface area (Å²) in [7, 11) is 1.88. The van der Waals surface area contributed by atoms with E-state index in [2.05, 4.69) is 20.1 Å². The second-order valence-corrected chi connectivity index (χ2v) is 8.68. The summed E-state index contributed by atoms with van der Waals surface area (Å²) < 4.78 is 18.0. The maximum atomic E-state index is 6.14. The number of fused-ring (bicyclic) bond motifs is 1. The van der Waals surface area contributed by atoms with Crippen LogP contribution in [0.3, 0.4) is 0 Å². The summed E-state index contributed by atoms with van der Waals surface area (Å²) >= 11 is 0. The van der Waals surface area contributed by atoms with E-state index in [1.807, 2.05) is 7.05 Å². The molecule has 0 bridgehead atoms. The average Bonchev–Trinajstić information content (AvgIpc) is 3.22. The number of halogens is 1. The Morgan fingerprint density at radius 3 is 2.66 bits per heavy atom. The van der Waals surface area contributed by atoms with E-state index in [1.165, 1.54) is 32.2 Å². The smallest absolute Gasteiger partial charge is 0.193 e. The Hall–Kier alpha value is -0.160. The lowest BCUT2D eigenvalue weighted by atomic mass is 10.1. The molecule has 4 rings (SSSR count). The topological polar surface area (TPSA) is 58.6 Å². The highest BCUT2D eigenvalue weighted by molar-refractivity contribution is 14.0. The highest BCUT2D eigenvalue weighted by Crippen LogP contribution is 2.22. The minimum absolute atomic E-state index is 0. The Morgan fingerprint density at radius 2 is 1.90 bits per heavy atom. The van der Waals surface area contributed by atoms with E-state index in [1.54, 1.807) is 0 Å². The molecule has 0 aromatic rings. The van der Waals surface area contributed by atoms with Crippen LogP contribution in [0, 0.1) is 0 Å². The Bertz CT molecular complexity index is 510. The van der Waals surface area contributed by atoms with E-state index < -0.39 is 0 Å². The first kappa shape index (κ1) is 23.5. The van der Waals surface area contributed by atoms with Crippen LogP contribution >= 0.6 is 24.0 Å². The summed E-state index contributed by atoms with van der Waals surface area (Å²) in [5, 5.41) is 3.55. The molecular weight excluding hydrogens is 483 g/mol. The minimum Gasteiger partial charge on any atom is -0.376 e. The van der Waals surface area contributed by atoms with Crippen LogP contribution in [0.4, 0.5) is 0 Å². The van der Waals surface area contributed by atoms with Gasteiger partial charge in [0.2, 0.25) is 0 Å². The van der Waals surface area contributed by atoms with Crippen molar-refractivity contribution in [3.63, 3.8) is 0 Å². The third-order valence-electron chi connectivity index (χ3n) is 6.69. The summed E-state index contributed by atoms with van der Waals surface area (Å²) in [4.78, 5) is 9.46. The van der Waals surface area contributed by atoms with Gasteiger partial charge in [-0.3, -0.25) is 9.89 Å². The first-order valence-corrected chi connectivity index (χ1v) is 11.4. The predicted octanol–water partition coefficient (Wildman–Crippen LogP) is 2.09. The van der Waals surface area contributed by atoms with Gasteiger partial charge in [0.05, 0.1) is 31.5 Å². The minimum atomic E-state index is 0. The second-order valence-electron chi connectivity index (χ2n) is 8.68. The number of morpholine rings is 1. The van der Waals surface area contributed by atoms with Crippen LogP contribution in [0.1, 0.15) is 44.9 Å². The molecule has 0 aromatic heterocycles. The predicted molar refractivity (Wildman–Crippen MR) is 125 cm³/mol. The van der Waals surface area contributed by atoms with Crippen molar-refractivity contribution in [1.29, 1.82) is 0 Å². The molecule has 4 aliphatic heterocycles. The lowest BCUT2D eigenvalue weighted by molar-refractivity contribution is -0.0722. The maximum absolute atomic E-state index is 6.14. The number of piperidine rings is 1. The van der Waals surface area contributed by atoms with E-state index in [0.29, 0.717) is 18.2 Å². The number of guanidine groups is 1. The van der Waals surface area contributed by atoms with Crippen molar-refractivity contribution in [2.24, 2.45) is 4.99 Å². The van der Waals surface area contributed by atoms with Crippen molar-refractivity contribution < 1.29 is 14.2 Å². The molecule has 0 saturated carbocycles. The van der Waals surface area contributed by atoms with Crippen LogP contribution in [0.5, 0.6) is 0 Å². The molecule has 0 amide bonds. The van der Waals surface area contributed by atoms with Crippen LogP contribution in [-0.2, 0) is 14.2 Å². The van der Waals surface area contributed by atoms with E-state index in [0.717, 1.165) is 71.2 Å². The third-order valence-corrected chi connectivity index (χ3v) is 6.69.